The largest absolute Gasteiger partial charge is 0.496 e. The quantitative estimate of drug-likeness (QED) is 0.868. The highest BCUT2D eigenvalue weighted by Crippen LogP contribution is 2.28. The Morgan fingerprint density at radius 2 is 2.10 bits per heavy atom. The van der Waals surface area contributed by atoms with Crippen LogP contribution >= 0.6 is 15.9 Å². The van der Waals surface area contributed by atoms with E-state index in [1.807, 2.05) is 0 Å². The van der Waals surface area contributed by atoms with Gasteiger partial charge in [0.25, 0.3) is 0 Å². The van der Waals surface area contributed by atoms with Crippen LogP contribution in [0.1, 0.15) is 6.42 Å². The van der Waals surface area contributed by atoms with Crippen molar-refractivity contribution >= 4 is 31.9 Å². The Bertz CT molecular complexity index is 618. The molecule has 0 atom stereocenters. The fraction of sp³-hybridized carbons (Fsp3) is 0.417. The van der Waals surface area contributed by atoms with E-state index in [0.29, 0.717) is 16.8 Å². The topological polar surface area (TPSA) is 75.7 Å². The number of amides is 1. The molecule has 1 aromatic rings. The average molecular weight is 363 g/mol. The fourth-order valence-electron chi connectivity index (χ4n) is 1.94. The van der Waals surface area contributed by atoms with Gasteiger partial charge in [0.05, 0.1) is 16.5 Å². The molecule has 6 nitrogen and oxygen atoms in total. The zero-order valence-electron chi connectivity index (χ0n) is 10.9. The molecule has 0 aromatic heterocycles. The van der Waals surface area contributed by atoms with Gasteiger partial charge in [0.2, 0.25) is 15.9 Å². The van der Waals surface area contributed by atoms with Crippen molar-refractivity contribution in [1.82, 2.24) is 9.62 Å². The van der Waals surface area contributed by atoms with Gasteiger partial charge in [0.1, 0.15) is 5.75 Å². The second kappa shape index (κ2) is 6.11. The molecule has 0 unspecified atom stereocenters. The van der Waals surface area contributed by atoms with Crippen molar-refractivity contribution in [3.05, 3.63) is 22.7 Å². The fourth-order valence-corrected chi connectivity index (χ4v) is 4.10. The molecule has 0 saturated carbocycles. The number of benzene rings is 1. The van der Waals surface area contributed by atoms with E-state index in [9.17, 15) is 13.2 Å². The van der Waals surface area contributed by atoms with E-state index in [1.54, 1.807) is 6.07 Å². The highest BCUT2D eigenvalue weighted by Gasteiger charge is 2.27. The first-order valence-electron chi connectivity index (χ1n) is 6.05. The number of sulfonamides is 1. The van der Waals surface area contributed by atoms with Gasteiger partial charge in [-0.1, -0.05) is 0 Å². The second-order valence-electron chi connectivity index (χ2n) is 4.30. The van der Waals surface area contributed by atoms with E-state index in [-0.39, 0.29) is 30.3 Å². The van der Waals surface area contributed by atoms with E-state index in [2.05, 4.69) is 21.2 Å². The molecule has 2 rings (SSSR count). The molecular formula is C12H15BrN2O4S. The van der Waals surface area contributed by atoms with Crippen LogP contribution in [0.25, 0.3) is 0 Å². The summed E-state index contributed by atoms with van der Waals surface area (Å²) >= 11 is 3.27. The maximum atomic E-state index is 12.5. The normalized spacial score (nSPS) is 17.4. The van der Waals surface area contributed by atoms with Gasteiger partial charge in [0, 0.05) is 26.1 Å². The Balaban J connectivity index is 2.29. The summed E-state index contributed by atoms with van der Waals surface area (Å²) in [6, 6.07) is 4.60. The van der Waals surface area contributed by atoms with Crippen molar-refractivity contribution < 1.29 is 17.9 Å². The van der Waals surface area contributed by atoms with Gasteiger partial charge >= 0.3 is 0 Å². The van der Waals surface area contributed by atoms with Crippen LogP contribution in [0, 0.1) is 0 Å². The Morgan fingerprint density at radius 1 is 1.35 bits per heavy atom. The Kier molecular flexibility index (Phi) is 4.66. The smallest absolute Gasteiger partial charge is 0.243 e. The molecule has 1 heterocycles. The lowest BCUT2D eigenvalue weighted by Gasteiger charge is -2.19. The molecular weight excluding hydrogens is 348 g/mol. The molecule has 0 aliphatic carbocycles. The van der Waals surface area contributed by atoms with Crippen LogP contribution in [-0.4, -0.2) is 45.4 Å². The summed E-state index contributed by atoms with van der Waals surface area (Å²) in [4.78, 5) is 11.5. The minimum Gasteiger partial charge on any atom is -0.496 e. The van der Waals surface area contributed by atoms with Gasteiger partial charge in [-0.3, -0.25) is 4.79 Å². The molecule has 1 N–H and O–H groups in total. The molecule has 0 bridgehead atoms. The summed E-state index contributed by atoms with van der Waals surface area (Å²) < 4.78 is 32.0. The Hall–Kier alpha value is -1.12. The van der Waals surface area contributed by atoms with E-state index in [1.165, 1.54) is 23.5 Å². The number of methoxy groups -OCH3 is 1. The summed E-state index contributed by atoms with van der Waals surface area (Å²) in [6.45, 7) is 0.797. The first kappa shape index (κ1) is 15.3. The summed E-state index contributed by atoms with van der Waals surface area (Å²) in [7, 11) is -2.09. The minimum atomic E-state index is -3.60. The zero-order chi connectivity index (χ0) is 14.8. The number of hydrogen-bond acceptors (Lipinski definition) is 4. The second-order valence-corrected chi connectivity index (χ2v) is 7.09. The number of carbonyl (C=O) groups excluding carboxylic acids is 1. The molecule has 1 aliphatic rings. The molecule has 110 valence electrons. The standard InChI is InChI=1S/C12H15BrN2O4S/c1-19-11-3-2-9(8-10(11)13)20(17,18)15-6-4-12(16)14-5-7-15/h2-3,8H,4-7H2,1H3,(H,14,16). The molecule has 1 saturated heterocycles. The van der Waals surface area contributed by atoms with E-state index < -0.39 is 10.0 Å². The number of nitrogens with one attached hydrogen (secondary N) is 1. The van der Waals surface area contributed by atoms with Crippen molar-refractivity contribution in [3.8, 4) is 5.75 Å². The monoisotopic (exact) mass is 362 g/mol. The Morgan fingerprint density at radius 3 is 2.75 bits per heavy atom. The number of ether oxygens (including phenoxy) is 1. The van der Waals surface area contributed by atoms with E-state index in [0.717, 1.165) is 0 Å². The number of hydrogen-bond donors (Lipinski definition) is 1. The van der Waals surface area contributed by atoms with E-state index >= 15 is 0 Å². The summed E-state index contributed by atoms with van der Waals surface area (Å²) in [5, 5.41) is 2.65. The number of carbonyl (C=O) groups is 1. The lowest BCUT2D eigenvalue weighted by atomic mass is 10.3. The summed E-state index contributed by atoms with van der Waals surface area (Å²) in [6.07, 6.45) is 0.177. The lowest BCUT2D eigenvalue weighted by molar-refractivity contribution is -0.120. The number of halogens is 1. The first-order chi connectivity index (χ1) is 9.45. The maximum Gasteiger partial charge on any atom is 0.243 e. The van der Waals surface area contributed by atoms with Gasteiger partial charge in [-0.15, -0.1) is 0 Å². The number of rotatable bonds is 3. The highest BCUT2D eigenvalue weighted by atomic mass is 79.9. The third-order valence-electron chi connectivity index (χ3n) is 3.03. The minimum absolute atomic E-state index is 0.126. The third kappa shape index (κ3) is 3.13. The molecule has 0 spiro atoms. The van der Waals surface area contributed by atoms with Crippen LogP contribution in [0.3, 0.4) is 0 Å². The molecule has 1 amide bonds. The predicted molar refractivity (Wildman–Crippen MR) is 77.1 cm³/mol. The molecule has 20 heavy (non-hydrogen) atoms. The average Bonchev–Trinajstić information content (AvgIpc) is 2.63. The molecule has 8 heteroatoms. The van der Waals surface area contributed by atoms with Crippen LogP contribution < -0.4 is 10.1 Å². The number of nitrogens with zero attached hydrogens (tertiary/aromatic N) is 1. The van der Waals surface area contributed by atoms with Gasteiger partial charge < -0.3 is 10.1 Å². The van der Waals surface area contributed by atoms with Gasteiger partial charge in [0.15, 0.2) is 0 Å². The van der Waals surface area contributed by atoms with Crippen molar-refractivity contribution in [1.29, 1.82) is 0 Å². The highest BCUT2D eigenvalue weighted by molar-refractivity contribution is 9.10. The van der Waals surface area contributed by atoms with Crippen LogP contribution in [0.15, 0.2) is 27.6 Å². The summed E-state index contributed by atoms with van der Waals surface area (Å²) in [5.74, 6) is 0.440. The van der Waals surface area contributed by atoms with Crippen LogP contribution in [0.4, 0.5) is 0 Å². The molecule has 1 aromatic carbocycles. The zero-order valence-corrected chi connectivity index (χ0v) is 13.3. The van der Waals surface area contributed by atoms with Crippen molar-refractivity contribution in [2.24, 2.45) is 0 Å². The van der Waals surface area contributed by atoms with Crippen molar-refractivity contribution in [2.45, 2.75) is 11.3 Å². The molecule has 1 fully saturated rings. The van der Waals surface area contributed by atoms with Gasteiger partial charge in [-0.2, -0.15) is 4.31 Å². The van der Waals surface area contributed by atoms with Gasteiger partial charge in [-0.25, -0.2) is 8.42 Å². The van der Waals surface area contributed by atoms with Crippen molar-refractivity contribution in [2.75, 3.05) is 26.7 Å². The van der Waals surface area contributed by atoms with Crippen molar-refractivity contribution in [3.63, 3.8) is 0 Å². The Labute approximate surface area is 126 Å². The third-order valence-corrected chi connectivity index (χ3v) is 5.55. The van der Waals surface area contributed by atoms with Gasteiger partial charge in [-0.05, 0) is 34.1 Å². The van der Waals surface area contributed by atoms with Crippen LogP contribution in [-0.2, 0) is 14.8 Å². The van der Waals surface area contributed by atoms with E-state index in [4.69, 9.17) is 4.74 Å². The maximum absolute atomic E-state index is 12.5. The lowest BCUT2D eigenvalue weighted by Crippen LogP contribution is -2.34. The van der Waals surface area contributed by atoms with Crippen LogP contribution in [0.5, 0.6) is 5.75 Å². The van der Waals surface area contributed by atoms with Crippen LogP contribution in [0.2, 0.25) is 0 Å². The predicted octanol–water partition coefficient (Wildman–Crippen LogP) is 0.968. The SMILES string of the molecule is COc1ccc(S(=O)(=O)N2CCNC(=O)CC2)cc1Br. The first-order valence-corrected chi connectivity index (χ1v) is 8.29. The molecule has 1 aliphatic heterocycles. The molecule has 0 radical (unpaired) electrons. The summed E-state index contributed by atoms with van der Waals surface area (Å²) in [5.41, 5.74) is 0.